The van der Waals surface area contributed by atoms with Gasteiger partial charge in [-0.1, -0.05) is 17.7 Å². The summed E-state index contributed by atoms with van der Waals surface area (Å²) in [6, 6.07) is 9.07. The van der Waals surface area contributed by atoms with Gasteiger partial charge in [-0.05, 0) is 31.2 Å². The van der Waals surface area contributed by atoms with E-state index in [1.807, 2.05) is 17.0 Å². The largest absolute Gasteiger partial charge is 0.392 e. The number of piperazine rings is 1. The fourth-order valence-electron chi connectivity index (χ4n) is 2.87. The van der Waals surface area contributed by atoms with E-state index in [1.54, 1.807) is 36.0 Å². The maximum Gasteiger partial charge on any atom is 0.274 e. The fraction of sp³-hybridized carbons (Fsp3) is 0.412. The molecule has 7 heteroatoms. The Kier molecular flexibility index (Phi) is 5.18. The first-order valence-corrected chi connectivity index (χ1v) is 8.42. The number of aliphatic hydroxyl groups excluding tert-OH is 1. The summed E-state index contributed by atoms with van der Waals surface area (Å²) < 4.78 is 1.66. The van der Waals surface area contributed by atoms with E-state index in [0.717, 1.165) is 18.8 Å². The van der Waals surface area contributed by atoms with Crippen LogP contribution in [0.3, 0.4) is 0 Å². The number of aliphatic hydroxyl groups is 1. The smallest absolute Gasteiger partial charge is 0.274 e. The second kappa shape index (κ2) is 7.34. The molecule has 1 fully saturated rings. The van der Waals surface area contributed by atoms with E-state index in [1.165, 1.54) is 0 Å². The number of nitrogens with zero attached hydrogens (tertiary/aromatic N) is 4. The molecule has 2 aromatic rings. The van der Waals surface area contributed by atoms with E-state index >= 15 is 0 Å². The molecule has 1 saturated heterocycles. The summed E-state index contributed by atoms with van der Waals surface area (Å²) in [5, 5.41) is 14.5. The van der Waals surface area contributed by atoms with Crippen molar-refractivity contribution in [3.63, 3.8) is 0 Å². The number of rotatable bonds is 4. The van der Waals surface area contributed by atoms with Gasteiger partial charge in [0.25, 0.3) is 5.91 Å². The Morgan fingerprint density at radius 3 is 2.71 bits per heavy atom. The second-order valence-corrected chi connectivity index (χ2v) is 6.50. The number of hydrogen-bond acceptors (Lipinski definition) is 4. The highest BCUT2D eigenvalue weighted by Gasteiger charge is 2.24. The van der Waals surface area contributed by atoms with Gasteiger partial charge in [-0.2, -0.15) is 5.10 Å². The van der Waals surface area contributed by atoms with Gasteiger partial charge in [0.2, 0.25) is 0 Å². The third kappa shape index (κ3) is 3.95. The number of amides is 1. The number of halogens is 1. The molecule has 1 aromatic heterocycles. The molecule has 1 N–H and O–H groups in total. The lowest BCUT2D eigenvalue weighted by Crippen LogP contribution is -2.50. The SMILES string of the molecule is CC(O)CN1CCN(C(=O)c2ccn(-c3cccc(Cl)c3)n2)CC1. The summed E-state index contributed by atoms with van der Waals surface area (Å²) >= 11 is 6.00. The van der Waals surface area contributed by atoms with E-state index in [4.69, 9.17) is 11.6 Å². The Labute approximate surface area is 146 Å². The van der Waals surface area contributed by atoms with Crippen LogP contribution in [-0.4, -0.2) is 69.4 Å². The number of aromatic nitrogens is 2. The molecular formula is C17H21ClN4O2. The molecule has 1 atom stereocenters. The van der Waals surface area contributed by atoms with Crippen LogP contribution in [0.15, 0.2) is 36.5 Å². The van der Waals surface area contributed by atoms with Gasteiger partial charge in [-0.15, -0.1) is 0 Å². The first-order chi connectivity index (χ1) is 11.5. The van der Waals surface area contributed by atoms with Gasteiger partial charge < -0.3 is 10.0 Å². The lowest BCUT2D eigenvalue weighted by molar-refractivity contribution is 0.0549. The Hall–Kier alpha value is -1.89. The van der Waals surface area contributed by atoms with Crippen LogP contribution < -0.4 is 0 Å². The fourth-order valence-corrected chi connectivity index (χ4v) is 3.05. The predicted molar refractivity (Wildman–Crippen MR) is 92.6 cm³/mol. The van der Waals surface area contributed by atoms with Crippen LogP contribution in [0, 0.1) is 0 Å². The number of carbonyl (C=O) groups excluding carboxylic acids is 1. The van der Waals surface area contributed by atoms with Crippen molar-refractivity contribution in [3.05, 3.63) is 47.2 Å². The molecular weight excluding hydrogens is 328 g/mol. The highest BCUT2D eigenvalue weighted by Crippen LogP contribution is 2.15. The zero-order chi connectivity index (χ0) is 17.1. The molecule has 0 spiro atoms. The molecule has 0 bridgehead atoms. The Morgan fingerprint density at radius 2 is 2.04 bits per heavy atom. The van der Waals surface area contributed by atoms with Crippen LogP contribution in [0.25, 0.3) is 5.69 Å². The summed E-state index contributed by atoms with van der Waals surface area (Å²) in [4.78, 5) is 16.6. The number of hydrogen-bond donors (Lipinski definition) is 1. The lowest BCUT2D eigenvalue weighted by Gasteiger charge is -2.34. The molecule has 1 aliphatic heterocycles. The van der Waals surface area contributed by atoms with Crippen LogP contribution in [0.2, 0.25) is 5.02 Å². The van der Waals surface area contributed by atoms with Crippen molar-refractivity contribution >= 4 is 17.5 Å². The monoisotopic (exact) mass is 348 g/mol. The number of β-amino-alcohol motifs (C(OH)–C–C–N with tert-alkyl or cyclic N) is 1. The van der Waals surface area contributed by atoms with Crippen LogP contribution in [0.1, 0.15) is 17.4 Å². The van der Waals surface area contributed by atoms with Crippen molar-refractivity contribution in [1.82, 2.24) is 19.6 Å². The topological polar surface area (TPSA) is 61.6 Å². The average Bonchev–Trinajstić information content (AvgIpc) is 3.04. The second-order valence-electron chi connectivity index (χ2n) is 6.07. The maximum atomic E-state index is 12.6. The Morgan fingerprint density at radius 1 is 1.29 bits per heavy atom. The van der Waals surface area contributed by atoms with Gasteiger partial charge in [0.15, 0.2) is 5.69 Å². The summed E-state index contributed by atoms with van der Waals surface area (Å²) in [6.07, 6.45) is 1.42. The highest BCUT2D eigenvalue weighted by molar-refractivity contribution is 6.30. The van der Waals surface area contributed by atoms with Gasteiger partial charge >= 0.3 is 0 Å². The van der Waals surface area contributed by atoms with Crippen molar-refractivity contribution in [2.75, 3.05) is 32.7 Å². The van der Waals surface area contributed by atoms with Crippen LogP contribution >= 0.6 is 11.6 Å². The molecule has 2 heterocycles. The third-order valence-electron chi connectivity index (χ3n) is 4.06. The molecule has 1 unspecified atom stereocenters. The van der Waals surface area contributed by atoms with Gasteiger partial charge in [0.1, 0.15) is 0 Å². The highest BCUT2D eigenvalue weighted by atomic mass is 35.5. The third-order valence-corrected chi connectivity index (χ3v) is 4.30. The van der Waals surface area contributed by atoms with E-state index in [2.05, 4.69) is 10.00 Å². The predicted octanol–water partition coefficient (Wildman–Crippen LogP) is 1.66. The quantitative estimate of drug-likeness (QED) is 0.913. The van der Waals surface area contributed by atoms with Crippen LogP contribution in [0.4, 0.5) is 0 Å². The summed E-state index contributed by atoms with van der Waals surface area (Å²) in [6.45, 7) is 5.26. The Bertz CT molecular complexity index is 708. The Balaban J connectivity index is 1.64. The molecule has 24 heavy (non-hydrogen) atoms. The minimum atomic E-state index is -0.347. The molecule has 1 amide bonds. The van der Waals surface area contributed by atoms with Gasteiger partial charge in [-0.25, -0.2) is 4.68 Å². The molecule has 1 aliphatic rings. The first kappa shape index (κ1) is 17.0. The average molecular weight is 349 g/mol. The lowest BCUT2D eigenvalue weighted by atomic mass is 10.2. The molecule has 128 valence electrons. The maximum absolute atomic E-state index is 12.6. The van der Waals surface area contributed by atoms with Crippen molar-refractivity contribution in [3.8, 4) is 5.69 Å². The number of benzene rings is 1. The van der Waals surface area contributed by atoms with Crippen molar-refractivity contribution in [2.24, 2.45) is 0 Å². The molecule has 1 aromatic carbocycles. The number of carbonyl (C=O) groups is 1. The molecule has 3 rings (SSSR count). The van der Waals surface area contributed by atoms with E-state index in [0.29, 0.717) is 30.4 Å². The van der Waals surface area contributed by atoms with E-state index < -0.39 is 0 Å². The van der Waals surface area contributed by atoms with Crippen LogP contribution in [0.5, 0.6) is 0 Å². The van der Waals surface area contributed by atoms with Gasteiger partial charge in [0.05, 0.1) is 11.8 Å². The summed E-state index contributed by atoms with van der Waals surface area (Å²) in [5.74, 6) is -0.0625. The van der Waals surface area contributed by atoms with Crippen molar-refractivity contribution < 1.29 is 9.90 Å². The summed E-state index contributed by atoms with van der Waals surface area (Å²) in [7, 11) is 0. The van der Waals surface area contributed by atoms with Gasteiger partial charge in [-0.3, -0.25) is 9.69 Å². The van der Waals surface area contributed by atoms with Crippen molar-refractivity contribution in [1.29, 1.82) is 0 Å². The molecule has 0 saturated carbocycles. The first-order valence-electron chi connectivity index (χ1n) is 8.04. The molecule has 6 nitrogen and oxygen atoms in total. The van der Waals surface area contributed by atoms with Crippen molar-refractivity contribution in [2.45, 2.75) is 13.0 Å². The van der Waals surface area contributed by atoms with E-state index in [9.17, 15) is 9.90 Å². The normalized spacial score (nSPS) is 17.0. The van der Waals surface area contributed by atoms with Crippen LogP contribution in [-0.2, 0) is 0 Å². The standard InChI is InChI=1S/C17H21ClN4O2/c1-13(23)12-20-7-9-21(10-8-20)17(24)16-5-6-22(19-16)15-4-2-3-14(18)11-15/h2-6,11,13,23H,7-10,12H2,1H3. The van der Waals surface area contributed by atoms with Gasteiger partial charge in [0, 0.05) is 43.9 Å². The minimum absolute atomic E-state index is 0.0625. The summed E-state index contributed by atoms with van der Waals surface area (Å²) in [5.41, 5.74) is 1.25. The zero-order valence-electron chi connectivity index (χ0n) is 13.6. The molecule has 0 aliphatic carbocycles. The minimum Gasteiger partial charge on any atom is -0.392 e. The van der Waals surface area contributed by atoms with E-state index in [-0.39, 0.29) is 12.0 Å². The molecule has 0 radical (unpaired) electrons. The zero-order valence-corrected chi connectivity index (χ0v) is 14.4.